The van der Waals surface area contributed by atoms with Gasteiger partial charge < -0.3 is 16.0 Å². The van der Waals surface area contributed by atoms with Gasteiger partial charge in [-0.1, -0.05) is 6.07 Å². The lowest BCUT2D eigenvalue weighted by molar-refractivity contribution is 0.1000. The number of nitrogens with zero attached hydrogens (tertiary/aromatic N) is 1. The number of nitrogens with two attached hydrogens (primary N) is 1. The SMILES string of the molecule is CC(CCN(C)C)NCc1ccc(C(N)=O)cc1F. The molecule has 0 aromatic heterocycles. The van der Waals surface area contributed by atoms with E-state index in [2.05, 4.69) is 17.1 Å². The van der Waals surface area contributed by atoms with Crippen LogP contribution >= 0.6 is 0 Å². The Morgan fingerprint density at radius 1 is 1.47 bits per heavy atom. The van der Waals surface area contributed by atoms with E-state index in [1.54, 1.807) is 12.1 Å². The van der Waals surface area contributed by atoms with Crippen LogP contribution in [0.4, 0.5) is 4.39 Å². The zero-order chi connectivity index (χ0) is 14.4. The van der Waals surface area contributed by atoms with Crippen LogP contribution in [0.25, 0.3) is 0 Å². The summed E-state index contributed by atoms with van der Waals surface area (Å²) < 4.78 is 13.7. The van der Waals surface area contributed by atoms with Gasteiger partial charge in [0.1, 0.15) is 5.82 Å². The number of hydrogen-bond donors (Lipinski definition) is 2. The van der Waals surface area contributed by atoms with Crippen LogP contribution in [0.3, 0.4) is 0 Å². The normalized spacial score (nSPS) is 12.7. The maximum Gasteiger partial charge on any atom is 0.248 e. The molecule has 0 saturated carbocycles. The number of benzene rings is 1. The first-order chi connectivity index (χ1) is 8.90. The Morgan fingerprint density at radius 3 is 2.68 bits per heavy atom. The van der Waals surface area contributed by atoms with E-state index in [1.165, 1.54) is 6.07 Å². The molecule has 0 aliphatic heterocycles. The molecule has 0 radical (unpaired) electrons. The molecule has 106 valence electrons. The van der Waals surface area contributed by atoms with Gasteiger partial charge in [-0.25, -0.2) is 4.39 Å². The van der Waals surface area contributed by atoms with Gasteiger partial charge in [0.05, 0.1) is 0 Å². The molecule has 1 unspecified atom stereocenters. The molecule has 4 nitrogen and oxygen atoms in total. The van der Waals surface area contributed by atoms with E-state index in [9.17, 15) is 9.18 Å². The van der Waals surface area contributed by atoms with E-state index < -0.39 is 11.7 Å². The molecule has 1 amide bonds. The summed E-state index contributed by atoms with van der Waals surface area (Å²) in [5.41, 5.74) is 5.84. The lowest BCUT2D eigenvalue weighted by Gasteiger charge is -2.17. The molecule has 1 rings (SSSR count). The van der Waals surface area contributed by atoms with Crippen LogP contribution in [0.2, 0.25) is 0 Å². The fourth-order valence-electron chi connectivity index (χ4n) is 1.68. The maximum atomic E-state index is 13.7. The molecule has 1 aromatic carbocycles. The molecule has 0 spiro atoms. The van der Waals surface area contributed by atoms with Crippen molar-refractivity contribution in [2.24, 2.45) is 5.73 Å². The average Bonchev–Trinajstić information content (AvgIpc) is 2.34. The summed E-state index contributed by atoms with van der Waals surface area (Å²) in [6, 6.07) is 4.63. The fourth-order valence-corrected chi connectivity index (χ4v) is 1.68. The van der Waals surface area contributed by atoms with Gasteiger partial charge in [-0.3, -0.25) is 4.79 Å². The van der Waals surface area contributed by atoms with Crippen LogP contribution < -0.4 is 11.1 Å². The summed E-state index contributed by atoms with van der Waals surface area (Å²) in [4.78, 5) is 13.0. The zero-order valence-corrected chi connectivity index (χ0v) is 11.7. The molecule has 1 aromatic rings. The Bertz CT molecular complexity index is 435. The molecule has 0 saturated heterocycles. The molecule has 1 atom stereocenters. The summed E-state index contributed by atoms with van der Waals surface area (Å²) in [6.07, 6.45) is 0.994. The summed E-state index contributed by atoms with van der Waals surface area (Å²) in [7, 11) is 4.05. The molecule has 0 fully saturated rings. The average molecular weight is 267 g/mol. The molecule has 5 heteroatoms. The van der Waals surface area contributed by atoms with Crippen LogP contribution in [0.1, 0.15) is 29.3 Å². The number of nitrogens with one attached hydrogen (secondary N) is 1. The molecule has 0 bridgehead atoms. The lowest BCUT2D eigenvalue weighted by Crippen LogP contribution is -2.29. The van der Waals surface area contributed by atoms with Crippen molar-refractivity contribution in [3.63, 3.8) is 0 Å². The van der Waals surface area contributed by atoms with Gasteiger partial charge in [-0.15, -0.1) is 0 Å². The van der Waals surface area contributed by atoms with Crippen molar-refractivity contribution < 1.29 is 9.18 Å². The molecule has 0 aliphatic rings. The second-order valence-corrected chi connectivity index (χ2v) is 5.04. The minimum atomic E-state index is -0.613. The van der Waals surface area contributed by atoms with Crippen LogP contribution in [-0.4, -0.2) is 37.5 Å². The van der Waals surface area contributed by atoms with E-state index in [1.807, 2.05) is 14.1 Å². The monoisotopic (exact) mass is 267 g/mol. The van der Waals surface area contributed by atoms with Crippen molar-refractivity contribution in [1.29, 1.82) is 0 Å². The van der Waals surface area contributed by atoms with Crippen molar-refractivity contribution >= 4 is 5.91 Å². The minimum Gasteiger partial charge on any atom is -0.366 e. The molecule has 0 heterocycles. The molecular formula is C14H22FN3O. The Labute approximate surface area is 113 Å². The van der Waals surface area contributed by atoms with Gasteiger partial charge >= 0.3 is 0 Å². The first kappa shape index (κ1) is 15.6. The summed E-state index contributed by atoms with van der Waals surface area (Å²) >= 11 is 0. The highest BCUT2D eigenvalue weighted by Gasteiger charge is 2.08. The van der Waals surface area contributed by atoms with Gasteiger partial charge in [0, 0.05) is 23.7 Å². The van der Waals surface area contributed by atoms with E-state index in [0.717, 1.165) is 13.0 Å². The van der Waals surface area contributed by atoms with Crippen LogP contribution in [0.5, 0.6) is 0 Å². The first-order valence-corrected chi connectivity index (χ1v) is 6.36. The summed E-state index contributed by atoms with van der Waals surface area (Å²) in [5, 5.41) is 3.26. The largest absolute Gasteiger partial charge is 0.366 e. The van der Waals surface area contributed by atoms with Crippen molar-refractivity contribution in [3.8, 4) is 0 Å². The van der Waals surface area contributed by atoms with E-state index in [0.29, 0.717) is 18.2 Å². The summed E-state index contributed by atoms with van der Waals surface area (Å²) in [5.74, 6) is -1.01. The smallest absolute Gasteiger partial charge is 0.248 e. The summed E-state index contributed by atoms with van der Waals surface area (Å²) in [6.45, 7) is 3.50. The topological polar surface area (TPSA) is 58.4 Å². The number of primary amides is 1. The minimum absolute atomic E-state index is 0.196. The second-order valence-electron chi connectivity index (χ2n) is 5.04. The number of hydrogen-bond acceptors (Lipinski definition) is 3. The van der Waals surface area contributed by atoms with E-state index in [-0.39, 0.29) is 5.56 Å². The van der Waals surface area contributed by atoms with Crippen molar-refractivity contribution in [3.05, 3.63) is 35.1 Å². The van der Waals surface area contributed by atoms with Gasteiger partial charge in [-0.05, 0) is 46.1 Å². The van der Waals surface area contributed by atoms with Crippen molar-refractivity contribution in [2.75, 3.05) is 20.6 Å². The molecule has 19 heavy (non-hydrogen) atoms. The van der Waals surface area contributed by atoms with Gasteiger partial charge in [0.2, 0.25) is 5.91 Å². The Balaban J connectivity index is 2.51. The quantitative estimate of drug-likeness (QED) is 0.784. The third-order valence-electron chi connectivity index (χ3n) is 2.99. The van der Waals surface area contributed by atoms with E-state index >= 15 is 0 Å². The number of amides is 1. The van der Waals surface area contributed by atoms with Crippen molar-refractivity contribution in [2.45, 2.75) is 25.9 Å². The number of rotatable bonds is 7. The third-order valence-corrected chi connectivity index (χ3v) is 2.99. The van der Waals surface area contributed by atoms with Gasteiger partial charge in [-0.2, -0.15) is 0 Å². The Hall–Kier alpha value is -1.46. The first-order valence-electron chi connectivity index (χ1n) is 6.36. The number of carbonyl (C=O) groups is 1. The maximum absolute atomic E-state index is 13.7. The molecule has 0 aliphatic carbocycles. The third kappa shape index (κ3) is 5.36. The standard InChI is InChI=1S/C14H22FN3O/c1-10(6-7-18(2)3)17-9-12-5-4-11(14(16)19)8-13(12)15/h4-5,8,10,17H,6-7,9H2,1-3H3,(H2,16,19). The molecular weight excluding hydrogens is 245 g/mol. The number of carbonyl (C=O) groups excluding carboxylic acids is 1. The second kappa shape index (κ2) is 7.21. The Morgan fingerprint density at radius 2 is 2.16 bits per heavy atom. The van der Waals surface area contributed by atoms with Crippen LogP contribution in [0, 0.1) is 5.82 Å². The number of halogens is 1. The lowest BCUT2D eigenvalue weighted by atomic mass is 10.1. The van der Waals surface area contributed by atoms with Crippen LogP contribution in [0.15, 0.2) is 18.2 Å². The zero-order valence-electron chi connectivity index (χ0n) is 11.7. The van der Waals surface area contributed by atoms with E-state index in [4.69, 9.17) is 5.73 Å². The van der Waals surface area contributed by atoms with Crippen LogP contribution in [-0.2, 0) is 6.54 Å². The highest BCUT2D eigenvalue weighted by atomic mass is 19.1. The van der Waals surface area contributed by atoms with Gasteiger partial charge in [0.25, 0.3) is 0 Å². The highest BCUT2D eigenvalue weighted by Crippen LogP contribution is 2.10. The van der Waals surface area contributed by atoms with Gasteiger partial charge in [0.15, 0.2) is 0 Å². The fraction of sp³-hybridized carbons (Fsp3) is 0.500. The Kier molecular flexibility index (Phi) is 5.92. The molecule has 3 N–H and O–H groups in total. The highest BCUT2D eigenvalue weighted by molar-refractivity contribution is 5.92. The predicted molar refractivity (Wildman–Crippen MR) is 74.4 cm³/mol. The van der Waals surface area contributed by atoms with Crippen molar-refractivity contribution in [1.82, 2.24) is 10.2 Å². The predicted octanol–water partition coefficient (Wildman–Crippen LogP) is 1.35.